The number of hydrogen-bond donors (Lipinski definition) is 2. The summed E-state index contributed by atoms with van der Waals surface area (Å²) in [4.78, 5) is 12.8. The van der Waals surface area contributed by atoms with Gasteiger partial charge in [-0.1, -0.05) is 13.8 Å². The molecular formula is C11H17BrN2OS. The second-order valence-corrected chi connectivity index (χ2v) is 6.46. The number of hydrogen-bond acceptors (Lipinski definition) is 3. The van der Waals surface area contributed by atoms with Gasteiger partial charge in [0.05, 0.1) is 6.54 Å². The monoisotopic (exact) mass is 304 g/mol. The Kier molecular flexibility index (Phi) is 4.95. The van der Waals surface area contributed by atoms with Gasteiger partial charge in [0.2, 0.25) is 5.91 Å². The summed E-state index contributed by atoms with van der Waals surface area (Å²) in [6.45, 7) is 5.10. The number of carbonyl (C=O) groups excluding carboxylic acids is 1. The third kappa shape index (κ3) is 4.63. The number of rotatable bonds is 5. The number of nitrogens with two attached hydrogens (primary N) is 1. The summed E-state index contributed by atoms with van der Waals surface area (Å²) >= 11 is 5.01. The van der Waals surface area contributed by atoms with Crippen molar-refractivity contribution in [2.24, 2.45) is 11.1 Å². The maximum Gasteiger partial charge on any atom is 0.220 e. The van der Waals surface area contributed by atoms with Crippen molar-refractivity contribution in [2.75, 3.05) is 6.54 Å². The lowest BCUT2D eigenvalue weighted by atomic mass is 9.89. The first-order valence-corrected chi connectivity index (χ1v) is 6.80. The predicted molar refractivity (Wildman–Crippen MR) is 71.3 cm³/mol. The molecular weight excluding hydrogens is 288 g/mol. The standard InChI is InChI=1S/C11H17BrN2OS/c1-11(2,7-13)4-10(15)14-5-9-3-8(12)6-16-9/h3,6H,4-5,7,13H2,1-2H3,(H,14,15). The van der Waals surface area contributed by atoms with Crippen LogP contribution in [-0.4, -0.2) is 12.5 Å². The van der Waals surface area contributed by atoms with Gasteiger partial charge < -0.3 is 11.1 Å². The van der Waals surface area contributed by atoms with Gasteiger partial charge in [-0.2, -0.15) is 0 Å². The highest BCUT2D eigenvalue weighted by molar-refractivity contribution is 9.10. The summed E-state index contributed by atoms with van der Waals surface area (Å²) in [6.07, 6.45) is 0.468. The van der Waals surface area contributed by atoms with Gasteiger partial charge in [0, 0.05) is 21.2 Å². The van der Waals surface area contributed by atoms with Crippen molar-refractivity contribution < 1.29 is 4.79 Å². The molecule has 16 heavy (non-hydrogen) atoms. The molecule has 1 rings (SSSR count). The molecule has 0 aromatic carbocycles. The van der Waals surface area contributed by atoms with E-state index in [1.165, 1.54) is 0 Å². The highest BCUT2D eigenvalue weighted by Crippen LogP contribution is 2.20. The second kappa shape index (κ2) is 5.80. The van der Waals surface area contributed by atoms with Crippen LogP contribution in [0.25, 0.3) is 0 Å². The number of nitrogens with one attached hydrogen (secondary N) is 1. The van der Waals surface area contributed by atoms with Crippen molar-refractivity contribution >= 4 is 33.2 Å². The lowest BCUT2D eigenvalue weighted by molar-refractivity contribution is -0.123. The van der Waals surface area contributed by atoms with Crippen LogP contribution < -0.4 is 11.1 Å². The summed E-state index contributed by atoms with van der Waals surface area (Å²) in [6, 6.07) is 2.01. The Bertz CT molecular complexity index is 363. The highest BCUT2D eigenvalue weighted by atomic mass is 79.9. The summed E-state index contributed by atoms with van der Waals surface area (Å²) in [7, 11) is 0. The van der Waals surface area contributed by atoms with E-state index in [0.29, 0.717) is 19.5 Å². The van der Waals surface area contributed by atoms with Crippen molar-refractivity contribution in [1.82, 2.24) is 5.32 Å². The zero-order valence-corrected chi connectivity index (χ0v) is 12.0. The highest BCUT2D eigenvalue weighted by Gasteiger charge is 2.19. The van der Waals surface area contributed by atoms with E-state index in [-0.39, 0.29) is 11.3 Å². The molecule has 90 valence electrons. The fraction of sp³-hybridized carbons (Fsp3) is 0.545. The van der Waals surface area contributed by atoms with Crippen LogP contribution in [0.2, 0.25) is 0 Å². The number of halogens is 1. The van der Waals surface area contributed by atoms with Gasteiger partial charge in [-0.15, -0.1) is 11.3 Å². The number of thiophene rings is 1. The van der Waals surface area contributed by atoms with E-state index < -0.39 is 0 Å². The smallest absolute Gasteiger partial charge is 0.220 e. The maximum absolute atomic E-state index is 11.6. The molecule has 0 saturated carbocycles. The number of amides is 1. The fourth-order valence-corrected chi connectivity index (χ4v) is 2.59. The van der Waals surface area contributed by atoms with Crippen molar-refractivity contribution in [3.63, 3.8) is 0 Å². The molecule has 0 aliphatic carbocycles. The third-order valence-corrected chi connectivity index (χ3v) is 3.97. The van der Waals surface area contributed by atoms with Gasteiger partial charge >= 0.3 is 0 Å². The molecule has 1 aromatic heterocycles. The Labute approximate surface area is 109 Å². The summed E-state index contributed by atoms with van der Waals surface area (Å²) in [5, 5.41) is 4.90. The molecule has 3 nitrogen and oxygen atoms in total. The van der Waals surface area contributed by atoms with Crippen LogP contribution in [0.5, 0.6) is 0 Å². The Morgan fingerprint density at radius 1 is 1.62 bits per heavy atom. The third-order valence-electron chi connectivity index (χ3n) is 2.27. The first-order valence-electron chi connectivity index (χ1n) is 5.12. The first kappa shape index (κ1) is 13.7. The summed E-state index contributed by atoms with van der Waals surface area (Å²) in [5.41, 5.74) is 5.46. The van der Waals surface area contributed by atoms with Gasteiger partial charge in [0.1, 0.15) is 0 Å². The van der Waals surface area contributed by atoms with Crippen molar-refractivity contribution in [3.8, 4) is 0 Å². The largest absolute Gasteiger partial charge is 0.351 e. The van der Waals surface area contributed by atoms with Crippen LogP contribution in [0.3, 0.4) is 0 Å². The normalized spacial score (nSPS) is 11.5. The predicted octanol–water partition coefficient (Wildman–Crippen LogP) is 2.50. The molecule has 0 radical (unpaired) electrons. The summed E-state index contributed by atoms with van der Waals surface area (Å²) < 4.78 is 1.06. The zero-order valence-electron chi connectivity index (χ0n) is 9.55. The van der Waals surface area contributed by atoms with Gasteiger partial charge in [0.15, 0.2) is 0 Å². The average molecular weight is 305 g/mol. The Morgan fingerprint density at radius 2 is 2.31 bits per heavy atom. The first-order chi connectivity index (χ1) is 7.43. The van der Waals surface area contributed by atoms with Crippen LogP contribution in [-0.2, 0) is 11.3 Å². The Balaban J connectivity index is 2.36. The molecule has 0 unspecified atom stereocenters. The molecule has 0 spiro atoms. The Hall–Kier alpha value is -0.390. The molecule has 1 heterocycles. The van der Waals surface area contributed by atoms with Crippen molar-refractivity contribution in [2.45, 2.75) is 26.8 Å². The molecule has 1 aromatic rings. The van der Waals surface area contributed by atoms with Crippen LogP contribution in [0.15, 0.2) is 15.9 Å². The van der Waals surface area contributed by atoms with E-state index in [1.807, 2.05) is 25.3 Å². The SMILES string of the molecule is CC(C)(CN)CC(=O)NCc1cc(Br)cs1. The quantitative estimate of drug-likeness (QED) is 0.878. The van der Waals surface area contributed by atoms with E-state index >= 15 is 0 Å². The van der Waals surface area contributed by atoms with Gasteiger partial charge in [-0.05, 0) is 34.0 Å². The van der Waals surface area contributed by atoms with Crippen LogP contribution in [0, 0.1) is 5.41 Å². The molecule has 0 aliphatic rings. The minimum Gasteiger partial charge on any atom is -0.351 e. The van der Waals surface area contributed by atoms with E-state index in [0.717, 1.165) is 9.35 Å². The average Bonchev–Trinajstić information content (AvgIpc) is 2.61. The van der Waals surface area contributed by atoms with Gasteiger partial charge in [-0.3, -0.25) is 4.79 Å². The molecule has 5 heteroatoms. The van der Waals surface area contributed by atoms with E-state index in [2.05, 4.69) is 21.2 Å². The van der Waals surface area contributed by atoms with Crippen LogP contribution in [0.4, 0.5) is 0 Å². The second-order valence-electron chi connectivity index (χ2n) is 4.55. The molecule has 3 N–H and O–H groups in total. The maximum atomic E-state index is 11.6. The van der Waals surface area contributed by atoms with Crippen molar-refractivity contribution in [1.29, 1.82) is 0 Å². The topological polar surface area (TPSA) is 55.1 Å². The zero-order chi connectivity index (χ0) is 12.2. The molecule has 0 aliphatic heterocycles. The van der Waals surface area contributed by atoms with Gasteiger partial charge in [0.25, 0.3) is 0 Å². The van der Waals surface area contributed by atoms with Crippen LogP contribution >= 0.6 is 27.3 Å². The molecule has 0 saturated heterocycles. The van der Waals surface area contributed by atoms with Crippen LogP contribution in [0.1, 0.15) is 25.1 Å². The lowest BCUT2D eigenvalue weighted by Crippen LogP contribution is -2.32. The fourth-order valence-electron chi connectivity index (χ4n) is 1.20. The lowest BCUT2D eigenvalue weighted by Gasteiger charge is -2.21. The minimum atomic E-state index is -0.125. The van der Waals surface area contributed by atoms with Gasteiger partial charge in [-0.25, -0.2) is 0 Å². The van der Waals surface area contributed by atoms with E-state index in [4.69, 9.17) is 5.73 Å². The van der Waals surface area contributed by atoms with E-state index in [9.17, 15) is 4.79 Å². The Morgan fingerprint density at radius 3 is 2.81 bits per heavy atom. The minimum absolute atomic E-state index is 0.0555. The molecule has 0 fully saturated rings. The van der Waals surface area contributed by atoms with E-state index in [1.54, 1.807) is 11.3 Å². The number of carbonyl (C=O) groups is 1. The molecule has 1 amide bonds. The molecule has 0 bridgehead atoms. The van der Waals surface area contributed by atoms with Crippen molar-refractivity contribution in [3.05, 3.63) is 20.8 Å². The molecule has 0 atom stereocenters. The summed E-state index contributed by atoms with van der Waals surface area (Å²) in [5.74, 6) is 0.0555.